The van der Waals surface area contributed by atoms with Gasteiger partial charge >= 0.3 is 18.0 Å². The van der Waals surface area contributed by atoms with Gasteiger partial charge in [-0.2, -0.15) is 0 Å². The fraction of sp³-hybridized carbons (Fsp3) is 0.0833. The van der Waals surface area contributed by atoms with Crippen LogP contribution in [-0.2, 0) is 4.74 Å². The van der Waals surface area contributed by atoms with Crippen LogP contribution in [0.4, 0.5) is 10.5 Å². The van der Waals surface area contributed by atoms with E-state index in [1.807, 2.05) is 0 Å². The molecule has 0 aliphatic rings. The standard InChI is InChI=1S/C12H11NO6/c1-2-3-19-12(18)13-9-5-7(10(14)15)4-8(6-9)11(16)17/h2,4-6H,1,3H2,(H,13,18)(H,14,15)(H,16,17). The Labute approximate surface area is 108 Å². The topological polar surface area (TPSA) is 113 Å². The van der Waals surface area contributed by atoms with E-state index < -0.39 is 18.0 Å². The van der Waals surface area contributed by atoms with Crippen molar-refractivity contribution in [3.63, 3.8) is 0 Å². The molecule has 7 nitrogen and oxygen atoms in total. The van der Waals surface area contributed by atoms with Gasteiger partial charge in [0.1, 0.15) is 6.61 Å². The van der Waals surface area contributed by atoms with Gasteiger partial charge in [-0.05, 0) is 18.2 Å². The normalized spacial score (nSPS) is 9.47. The van der Waals surface area contributed by atoms with E-state index in [1.165, 1.54) is 6.08 Å². The molecule has 0 saturated carbocycles. The van der Waals surface area contributed by atoms with Crippen LogP contribution in [0.2, 0.25) is 0 Å². The number of carbonyl (C=O) groups excluding carboxylic acids is 1. The van der Waals surface area contributed by atoms with Crippen molar-refractivity contribution in [1.29, 1.82) is 0 Å². The molecule has 0 radical (unpaired) electrons. The van der Waals surface area contributed by atoms with Crippen molar-refractivity contribution in [3.05, 3.63) is 42.0 Å². The van der Waals surface area contributed by atoms with E-state index >= 15 is 0 Å². The van der Waals surface area contributed by atoms with Gasteiger partial charge in [0.15, 0.2) is 0 Å². The lowest BCUT2D eigenvalue weighted by molar-refractivity contribution is 0.0696. The zero-order valence-electron chi connectivity index (χ0n) is 9.75. The molecule has 0 aliphatic carbocycles. The van der Waals surface area contributed by atoms with Gasteiger partial charge in [-0.15, -0.1) is 0 Å². The summed E-state index contributed by atoms with van der Waals surface area (Å²) in [4.78, 5) is 32.9. The summed E-state index contributed by atoms with van der Waals surface area (Å²) < 4.78 is 4.63. The Morgan fingerprint density at radius 3 is 2.11 bits per heavy atom. The highest BCUT2D eigenvalue weighted by molar-refractivity contribution is 5.97. The molecule has 100 valence electrons. The second-order valence-corrected chi connectivity index (χ2v) is 3.42. The Morgan fingerprint density at radius 1 is 1.16 bits per heavy atom. The molecule has 1 rings (SSSR count). The van der Waals surface area contributed by atoms with Crippen LogP contribution in [0.15, 0.2) is 30.9 Å². The molecule has 0 aromatic heterocycles. The molecule has 0 spiro atoms. The molecule has 1 aromatic rings. The zero-order valence-corrected chi connectivity index (χ0v) is 9.75. The Morgan fingerprint density at radius 2 is 1.68 bits per heavy atom. The maximum absolute atomic E-state index is 11.3. The first kappa shape index (κ1) is 14.2. The number of ether oxygens (including phenoxy) is 1. The molecule has 0 unspecified atom stereocenters. The highest BCUT2D eigenvalue weighted by Crippen LogP contribution is 2.15. The third-order valence-electron chi connectivity index (χ3n) is 2.01. The summed E-state index contributed by atoms with van der Waals surface area (Å²) in [6, 6.07) is 3.25. The van der Waals surface area contributed by atoms with Gasteiger partial charge in [0.2, 0.25) is 0 Å². The van der Waals surface area contributed by atoms with E-state index in [0.29, 0.717) is 0 Å². The minimum absolute atomic E-state index is 0.0176. The Kier molecular flexibility index (Phi) is 4.64. The van der Waals surface area contributed by atoms with Crippen molar-refractivity contribution in [1.82, 2.24) is 0 Å². The average Bonchev–Trinajstić information content (AvgIpc) is 2.35. The first-order valence-electron chi connectivity index (χ1n) is 5.10. The number of aromatic carboxylic acids is 2. The summed E-state index contributed by atoms with van der Waals surface area (Å²) >= 11 is 0. The van der Waals surface area contributed by atoms with E-state index in [0.717, 1.165) is 18.2 Å². The summed E-state index contributed by atoms with van der Waals surface area (Å²) in [6.45, 7) is 3.34. The predicted octanol–water partition coefficient (Wildman–Crippen LogP) is 1.82. The minimum Gasteiger partial charge on any atom is -0.478 e. The number of anilines is 1. The van der Waals surface area contributed by atoms with E-state index in [1.54, 1.807) is 0 Å². The summed E-state index contributed by atoms with van der Waals surface area (Å²) in [5, 5.41) is 19.9. The molecule has 19 heavy (non-hydrogen) atoms. The van der Waals surface area contributed by atoms with Crippen LogP contribution in [0.3, 0.4) is 0 Å². The summed E-state index contributed by atoms with van der Waals surface area (Å²) in [5.41, 5.74) is -0.482. The smallest absolute Gasteiger partial charge is 0.411 e. The van der Waals surface area contributed by atoms with Crippen molar-refractivity contribution in [3.8, 4) is 0 Å². The van der Waals surface area contributed by atoms with Crippen LogP contribution in [0.1, 0.15) is 20.7 Å². The van der Waals surface area contributed by atoms with Gasteiger partial charge in [-0.3, -0.25) is 5.32 Å². The van der Waals surface area contributed by atoms with Gasteiger partial charge in [-0.25, -0.2) is 14.4 Å². The minimum atomic E-state index is -1.30. The molecule has 3 N–H and O–H groups in total. The lowest BCUT2D eigenvalue weighted by Gasteiger charge is -2.07. The largest absolute Gasteiger partial charge is 0.478 e. The number of hydrogen-bond donors (Lipinski definition) is 3. The van der Waals surface area contributed by atoms with Crippen LogP contribution < -0.4 is 5.32 Å². The Hall–Kier alpha value is -2.83. The lowest BCUT2D eigenvalue weighted by Crippen LogP contribution is -2.15. The summed E-state index contributed by atoms with van der Waals surface area (Å²) in [6.07, 6.45) is 0.523. The number of rotatable bonds is 5. The fourth-order valence-electron chi connectivity index (χ4n) is 1.24. The number of carboxylic acids is 2. The van der Waals surface area contributed by atoms with E-state index in [-0.39, 0.29) is 23.4 Å². The second kappa shape index (κ2) is 6.20. The first-order valence-corrected chi connectivity index (χ1v) is 5.10. The molecule has 0 heterocycles. The highest BCUT2D eigenvalue weighted by Gasteiger charge is 2.13. The van der Waals surface area contributed by atoms with E-state index in [9.17, 15) is 14.4 Å². The Bertz CT molecular complexity index is 505. The van der Waals surface area contributed by atoms with Crippen LogP contribution in [0.5, 0.6) is 0 Å². The SMILES string of the molecule is C=CCOC(=O)Nc1cc(C(=O)O)cc(C(=O)O)c1. The Balaban J connectivity index is 2.99. The van der Waals surface area contributed by atoms with Crippen LogP contribution in [-0.4, -0.2) is 34.9 Å². The number of carbonyl (C=O) groups is 3. The van der Waals surface area contributed by atoms with Crippen molar-refractivity contribution in [2.24, 2.45) is 0 Å². The molecule has 0 bridgehead atoms. The fourth-order valence-corrected chi connectivity index (χ4v) is 1.24. The number of nitrogens with one attached hydrogen (secondary N) is 1. The molecule has 0 fully saturated rings. The monoisotopic (exact) mass is 265 g/mol. The maximum Gasteiger partial charge on any atom is 0.411 e. The summed E-state index contributed by atoms with van der Waals surface area (Å²) in [5.74, 6) is -2.60. The van der Waals surface area contributed by atoms with Gasteiger partial charge in [0.25, 0.3) is 0 Å². The van der Waals surface area contributed by atoms with Crippen LogP contribution in [0, 0.1) is 0 Å². The quantitative estimate of drug-likeness (QED) is 0.700. The average molecular weight is 265 g/mol. The van der Waals surface area contributed by atoms with E-state index in [4.69, 9.17) is 10.2 Å². The number of benzene rings is 1. The predicted molar refractivity (Wildman–Crippen MR) is 65.5 cm³/mol. The van der Waals surface area contributed by atoms with Crippen molar-refractivity contribution < 1.29 is 29.3 Å². The van der Waals surface area contributed by atoms with Crippen molar-refractivity contribution in [2.45, 2.75) is 0 Å². The van der Waals surface area contributed by atoms with Gasteiger partial charge in [-0.1, -0.05) is 12.7 Å². The lowest BCUT2D eigenvalue weighted by atomic mass is 10.1. The van der Waals surface area contributed by atoms with Crippen molar-refractivity contribution >= 4 is 23.7 Å². The van der Waals surface area contributed by atoms with E-state index in [2.05, 4.69) is 16.6 Å². The molecule has 7 heteroatoms. The highest BCUT2D eigenvalue weighted by atomic mass is 16.5. The maximum atomic E-state index is 11.3. The van der Waals surface area contributed by atoms with Gasteiger partial charge < -0.3 is 14.9 Å². The molecule has 1 amide bonds. The van der Waals surface area contributed by atoms with Crippen molar-refractivity contribution in [2.75, 3.05) is 11.9 Å². The third kappa shape index (κ3) is 4.15. The second-order valence-electron chi connectivity index (χ2n) is 3.42. The molecular formula is C12H11NO6. The number of amides is 1. The molecule has 0 atom stereocenters. The third-order valence-corrected chi connectivity index (χ3v) is 2.01. The molecule has 1 aromatic carbocycles. The molecule has 0 aliphatic heterocycles. The van der Waals surface area contributed by atoms with Gasteiger partial charge in [0, 0.05) is 5.69 Å². The van der Waals surface area contributed by atoms with Crippen LogP contribution in [0.25, 0.3) is 0 Å². The zero-order chi connectivity index (χ0) is 14.4. The molecular weight excluding hydrogens is 254 g/mol. The number of hydrogen-bond acceptors (Lipinski definition) is 4. The van der Waals surface area contributed by atoms with Crippen LogP contribution >= 0.6 is 0 Å². The molecule has 0 saturated heterocycles. The van der Waals surface area contributed by atoms with Gasteiger partial charge in [0.05, 0.1) is 11.1 Å². The summed E-state index contributed by atoms with van der Waals surface area (Å²) in [7, 11) is 0. The first-order chi connectivity index (χ1) is 8.93. The number of carboxylic acid groups (broad SMARTS) is 2.